The Labute approximate surface area is 52.9 Å². The zero-order valence-corrected chi connectivity index (χ0v) is 5.68. The summed E-state index contributed by atoms with van der Waals surface area (Å²) in [6.45, 7) is 0. The third kappa shape index (κ3) is 2.43. The molecule has 0 aromatic heterocycles. The fourth-order valence-electron chi connectivity index (χ4n) is 0.211. The maximum Gasteiger partial charge on any atom is 0.250 e. The lowest BCUT2D eigenvalue weighted by Gasteiger charge is -2.01. The Morgan fingerprint density at radius 3 is 1.89 bits per heavy atom. The quantitative estimate of drug-likeness (QED) is 0.468. The highest BCUT2D eigenvalue weighted by Gasteiger charge is 2.20. The van der Waals surface area contributed by atoms with Gasteiger partial charge in [-0.25, -0.2) is 8.42 Å². The first-order chi connectivity index (χ1) is 3.85. The van der Waals surface area contributed by atoms with Gasteiger partial charge in [0.15, 0.2) is 15.2 Å². The van der Waals surface area contributed by atoms with Crippen LogP contribution in [0, 0.1) is 0 Å². The molecule has 0 saturated heterocycles. The Morgan fingerprint density at radius 1 is 1.56 bits per heavy atom. The van der Waals surface area contributed by atoms with Gasteiger partial charge >= 0.3 is 0 Å². The van der Waals surface area contributed by atoms with Crippen LogP contribution in [0.3, 0.4) is 0 Å². The number of hydrogen-bond acceptors (Lipinski definition) is 4. The van der Waals surface area contributed by atoms with Crippen molar-refractivity contribution in [1.82, 2.24) is 0 Å². The van der Waals surface area contributed by atoms with Crippen molar-refractivity contribution in [3.8, 4) is 0 Å². The molecule has 1 unspecified atom stereocenters. The molecule has 9 heavy (non-hydrogen) atoms. The van der Waals surface area contributed by atoms with E-state index in [2.05, 4.69) is 5.73 Å². The molecule has 0 saturated carbocycles. The number of amides is 1. The number of nitrogens with two attached hydrogens (primary N) is 2. The van der Waals surface area contributed by atoms with Gasteiger partial charge in [0.1, 0.15) is 0 Å². The molecule has 6 heteroatoms. The molecule has 0 aliphatic carbocycles. The number of primary amides is 1. The number of hydrogen-bond donors (Lipinski definition) is 2. The van der Waals surface area contributed by atoms with Crippen LogP contribution in [0.1, 0.15) is 0 Å². The summed E-state index contributed by atoms with van der Waals surface area (Å²) in [5, 5.41) is -1.57. The van der Waals surface area contributed by atoms with Gasteiger partial charge in [0.2, 0.25) is 5.91 Å². The minimum atomic E-state index is -3.50. The zero-order valence-electron chi connectivity index (χ0n) is 4.87. The molecule has 0 spiro atoms. The summed E-state index contributed by atoms with van der Waals surface area (Å²) in [5.41, 5.74) is 9.41. The van der Waals surface area contributed by atoms with Gasteiger partial charge < -0.3 is 11.5 Å². The second kappa shape index (κ2) is 2.32. The normalized spacial score (nSPS) is 14.9. The summed E-state index contributed by atoms with van der Waals surface area (Å²) < 4.78 is 20.7. The maximum atomic E-state index is 10.3. The molecule has 4 N–H and O–H groups in total. The van der Waals surface area contributed by atoms with E-state index in [-0.39, 0.29) is 0 Å². The van der Waals surface area contributed by atoms with Gasteiger partial charge in [-0.15, -0.1) is 0 Å². The Balaban J connectivity index is 4.43. The molecule has 1 amide bonds. The van der Waals surface area contributed by atoms with Gasteiger partial charge in [-0.3, -0.25) is 4.79 Å². The molecule has 0 radical (unpaired) electrons. The smallest absolute Gasteiger partial charge is 0.250 e. The molecule has 0 heterocycles. The van der Waals surface area contributed by atoms with Crippen molar-refractivity contribution < 1.29 is 13.2 Å². The summed E-state index contributed by atoms with van der Waals surface area (Å²) >= 11 is 0. The highest BCUT2D eigenvalue weighted by molar-refractivity contribution is 7.92. The van der Waals surface area contributed by atoms with Crippen LogP contribution in [0.5, 0.6) is 0 Å². The van der Waals surface area contributed by atoms with E-state index in [4.69, 9.17) is 5.73 Å². The fraction of sp³-hybridized carbons (Fsp3) is 0.667. The summed E-state index contributed by atoms with van der Waals surface area (Å²) in [7, 11) is -3.50. The third-order valence-electron chi connectivity index (χ3n) is 0.742. The lowest BCUT2D eigenvalue weighted by molar-refractivity contribution is -0.117. The van der Waals surface area contributed by atoms with Gasteiger partial charge in [0.25, 0.3) is 0 Å². The maximum absolute atomic E-state index is 10.3. The van der Waals surface area contributed by atoms with E-state index in [9.17, 15) is 13.2 Å². The lowest BCUT2D eigenvalue weighted by Crippen LogP contribution is -2.42. The summed E-state index contributed by atoms with van der Waals surface area (Å²) in [6, 6.07) is 0. The van der Waals surface area contributed by atoms with Crippen molar-refractivity contribution in [3.63, 3.8) is 0 Å². The molecule has 0 aliphatic rings. The molecule has 5 nitrogen and oxygen atoms in total. The largest absolute Gasteiger partial charge is 0.367 e. The van der Waals surface area contributed by atoms with Gasteiger partial charge in [-0.2, -0.15) is 0 Å². The third-order valence-corrected chi connectivity index (χ3v) is 1.90. The van der Waals surface area contributed by atoms with Gasteiger partial charge in [0.05, 0.1) is 0 Å². The van der Waals surface area contributed by atoms with E-state index in [0.29, 0.717) is 0 Å². The molecular weight excluding hydrogens is 144 g/mol. The van der Waals surface area contributed by atoms with Crippen molar-refractivity contribution >= 4 is 15.7 Å². The predicted octanol–water partition coefficient (Wildman–Crippen LogP) is -2.20. The van der Waals surface area contributed by atoms with Gasteiger partial charge in [0, 0.05) is 6.26 Å². The average Bonchev–Trinajstić information content (AvgIpc) is 1.62. The zero-order chi connectivity index (χ0) is 7.65. The van der Waals surface area contributed by atoms with Crippen LogP contribution in [0.25, 0.3) is 0 Å². The topological polar surface area (TPSA) is 103 Å². The number of sulfone groups is 1. The fourth-order valence-corrected chi connectivity index (χ4v) is 0.633. The number of carbonyl (C=O) groups is 1. The summed E-state index contributed by atoms with van der Waals surface area (Å²) in [4.78, 5) is 10.1. The number of carbonyl (C=O) groups excluding carboxylic acids is 1. The minimum absolute atomic E-state index is 0.850. The predicted molar refractivity (Wildman–Crippen MR) is 32.0 cm³/mol. The highest BCUT2D eigenvalue weighted by Crippen LogP contribution is 1.87. The van der Waals surface area contributed by atoms with E-state index in [1.165, 1.54) is 0 Å². The van der Waals surface area contributed by atoms with Crippen LogP contribution in [0.4, 0.5) is 0 Å². The second-order valence-electron chi connectivity index (χ2n) is 1.65. The Hall–Kier alpha value is -0.620. The minimum Gasteiger partial charge on any atom is -0.367 e. The standard InChI is InChI=1S/C3H8N2O3S/c1-9(7,8)3(5)2(4)6/h3H,5H2,1H3,(H2,4,6). The molecule has 0 rings (SSSR count). The molecule has 54 valence electrons. The van der Waals surface area contributed by atoms with Gasteiger partial charge in [-0.05, 0) is 0 Å². The SMILES string of the molecule is CS(=O)(=O)C(N)C(N)=O. The van der Waals surface area contributed by atoms with Crippen molar-refractivity contribution in [2.75, 3.05) is 6.26 Å². The molecule has 0 bridgehead atoms. The van der Waals surface area contributed by atoms with Crippen LogP contribution in [-0.4, -0.2) is 26.0 Å². The molecular formula is C3H8N2O3S. The van der Waals surface area contributed by atoms with Crippen LogP contribution in [0.2, 0.25) is 0 Å². The monoisotopic (exact) mass is 152 g/mol. The van der Waals surface area contributed by atoms with E-state index in [1.807, 2.05) is 0 Å². The first-order valence-electron chi connectivity index (χ1n) is 2.09. The van der Waals surface area contributed by atoms with E-state index in [0.717, 1.165) is 6.26 Å². The van der Waals surface area contributed by atoms with Gasteiger partial charge in [-0.1, -0.05) is 0 Å². The molecule has 0 aromatic rings. The first kappa shape index (κ1) is 8.38. The Bertz CT molecular complexity index is 207. The summed E-state index contributed by atoms with van der Waals surface area (Å²) in [6.07, 6.45) is 0.850. The van der Waals surface area contributed by atoms with Crippen molar-refractivity contribution in [1.29, 1.82) is 0 Å². The number of rotatable bonds is 2. The molecule has 1 atom stereocenters. The Kier molecular flexibility index (Phi) is 2.16. The van der Waals surface area contributed by atoms with Crippen LogP contribution in [-0.2, 0) is 14.6 Å². The van der Waals surface area contributed by atoms with E-state index < -0.39 is 21.1 Å². The first-order valence-corrected chi connectivity index (χ1v) is 4.05. The van der Waals surface area contributed by atoms with E-state index in [1.54, 1.807) is 0 Å². The Morgan fingerprint density at radius 2 is 1.89 bits per heavy atom. The molecule has 0 fully saturated rings. The van der Waals surface area contributed by atoms with Crippen molar-refractivity contribution in [2.45, 2.75) is 5.37 Å². The summed E-state index contributed by atoms with van der Waals surface area (Å²) in [5.74, 6) is -1.03. The molecule has 0 aromatic carbocycles. The van der Waals surface area contributed by atoms with Crippen LogP contribution >= 0.6 is 0 Å². The van der Waals surface area contributed by atoms with Crippen molar-refractivity contribution in [3.05, 3.63) is 0 Å². The van der Waals surface area contributed by atoms with Crippen LogP contribution in [0.15, 0.2) is 0 Å². The average molecular weight is 152 g/mol. The highest BCUT2D eigenvalue weighted by atomic mass is 32.2. The molecule has 0 aliphatic heterocycles. The van der Waals surface area contributed by atoms with Crippen LogP contribution < -0.4 is 11.5 Å². The van der Waals surface area contributed by atoms with Crippen molar-refractivity contribution in [2.24, 2.45) is 11.5 Å². The second-order valence-corrected chi connectivity index (χ2v) is 3.82. The lowest BCUT2D eigenvalue weighted by atomic mass is 10.6. The van der Waals surface area contributed by atoms with E-state index >= 15 is 0 Å².